The third-order valence-electron chi connectivity index (χ3n) is 3.78. The molecule has 0 aromatic heterocycles. The van der Waals surface area contributed by atoms with Gasteiger partial charge in [-0.25, -0.2) is 4.79 Å². The van der Waals surface area contributed by atoms with E-state index in [1.165, 1.54) is 0 Å². The number of benzene rings is 2. The van der Waals surface area contributed by atoms with Crippen molar-refractivity contribution >= 4 is 17.8 Å². The van der Waals surface area contributed by atoms with Gasteiger partial charge < -0.3 is 14.9 Å². The molecule has 0 radical (unpaired) electrons. The number of rotatable bonds is 4. The fourth-order valence-corrected chi connectivity index (χ4v) is 2.90. The highest BCUT2D eigenvalue weighted by molar-refractivity contribution is 5.99. The lowest BCUT2D eigenvalue weighted by Crippen LogP contribution is -2.10. The fourth-order valence-electron chi connectivity index (χ4n) is 2.90. The molecule has 0 amide bonds. The monoisotopic (exact) mass is 296 g/mol. The van der Waals surface area contributed by atoms with Gasteiger partial charge in [-0.05, 0) is 59.9 Å². The number of aliphatic hydroxyl groups is 1. The summed E-state index contributed by atoms with van der Waals surface area (Å²) in [6, 6.07) is 9.56. The number of carboxylic acid groups (broad SMARTS) is 1. The molecule has 0 saturated heterocycles. The molecule has 0 fully saturated rings. The first-order chi connectivity index (χ1) is 10.5. The molecule has 4 nitrogen and oxygen atoms in total. The van der Waals surface area contributed by atoms with Gasteiger partial charge >= 0.3 is 5.97 Å². The number of carbonyl (C=O) groups is 1. The first-order valence-electron chi connectivity index (χ1n) is 6.97. The number of fused-ring (bicyclic) bond motifs is 1. The van der Waals surface area contributed by atoms with E-state index in [-0.39, 0.29) is 6.61 Å². The summed E-state index contributed by atoms with van der Waals surface area (Å²) in [5.74, 6) is -0.162. The minimum absolute atomic E-state index is 0.301. The Morgan fingerprint density at radius 3 is 2.41 bits per heavy atom. The molecular weight excluding hydrogens is 280 g/mol. The van der Waals surface area contributed by atoms with E-state index >= 15 is 0 Å². The van der Waals surface area contributed by atoms with Gasteiger partial charge in [0.05, 0.1) is 0 Å². The Morgan fingerprint density at radius 1 is 1.14 bits per heavy atom. The van der Waals surface area contributed by atoms with Crippen LogP contribution in [0.15, 0.2) is 30.3 Å². The molecule has 0 heterocycles. The average Bonchev–Trinajstić information content (AvgIpc) is 2.43. The molecule has 112 valence electrons. The standard InChI is InChI=1S/C18H16O4/c1-10-6-13(22-9-16(20)21)7-11(2)17(10)14-5-3-4-12-8-15(19)18(12)14/h3-8,19H,9H2,1-2H3,(H,20,21). The van der Waals surface area contributed by atoms with Crippen molar-refractivity contribution in [1.29, 1.82) is 0 Å². The quantitative estimate of drug-likeness (QED) is 0.900. The third kappa shape index (κ3) is 2.33. The molecular formula is C18H16O4. The molecule has 0 aliphatic heterocycles. The smallest absolute Gasteiger partial charge is 0.341 e. The minimum Gasteiger partial charge on any atom is -0.507 e. The minimum atomic E-state index is -1.00. The molecule has 2 aromatic rings. The summed E-state index contributed by atoms with van der Waals surface area (Å²) < 4.78 is 5.25. The van der Waals surface area contributed by atoms with Gasteiger partial charge in [-0.1, -0.05) is 18.2 Å². The van der Waals surface area contributed by atoms with E-state index < -0.39 is 5.97 Å². The average molecular weight is 296 g/mol. The molecule has 2 aromatic carbocycles. The highest BCUT2D eigenvalue weighted by Crippen LogP contribution is 2.41. The second-order valence-electron chi connectivity index (χ2n) is 5.41. The number of ether oxygens (including phenoxy) is 1. The number of aryl methyl sites for hydroxylation is 2. The Labute approximate surface area is 128 Å². The summed E-state index contributed by atoms with van der Waals surface area (Å²) in [6.07, 6.45) is 1.74. The maximum atomic E-state index is 10.6. The molecule has 0 unspecified atom stereocenters. The van der Waals surface area contributed by atoms with Gasteiger partial charge in [0.1, 0.15) is 11.5 Å². The number of hydrogen-bond acceptors (Lipinski definition) is 3. The second kappa shape index (κ2) is 5.22. The predicted molar refractivity (Wildman–Crippen MR) is 85.0 cm³/mol. The maximum Gasteiger partial charge on any atom is 0.341 e. The van der Waals surface area contributed by atoms with E-state index in [0.29, 0.717) is 11.5 Å². The molecule has 3 rings (SSSR count). The first-order valence-corrected chi connectivity index (χ1v) is 6.97. The lowest BCUT2D eigenvalue weighted by molar-refractivity contribution is -0.139. The molecule has 2 N–H and O–H groups in total. The van der Waals surface area contributed by atoms with E-state index in [2.05, 4.69) is 0 Å². The van der Waals surface area contributed by atoms with Gasteiger partial charge in [0, 0.05) is 5.56 Å². The molecule has 0 saturated carbocycles. The van der Waals surface area contributed by atoms with Crippen LogP contribution in [0, 0.1) is 13.8 Å². The van der Waals surface area contributed by atoms with Crippen molar-refractivity contribution in [1.82, 2.24) is 0 Å². The van der Waals surface area contributed by atoms with E-state index in [4.69, 9.17) is 9.84 Å². The Bertz CT molecular complexity index is 780. The molecule has 1 aliphatic rings. The Hall–Kier alpha value is -2.75. The van der Waals surface area contributed by atoms with Crippen LogP contribution in [-0.2, 0) is 4.79 Å². The van der Waals surface area contributed by atoms with E-state index in [0.717, 1.165) is 33.4 Å². The van der Waals surface area contributed by atoms with Crippen LogP contribution >= 0.6 is 0 Å². The zero-order valence-electron chi connectivity index (χ0n) is 12.4. The normalized spacial score (nSPS) is 12.2. The summed E-state index contributed by atoms with van der Waals surface area (Å²) >= 11 is 0. The molecule has 0 atom stereocenters. The van der Waals surface area contributed by atoms with Gasteiger partial charge in [0.2, 0.25) is 0 Å². The number of carboxylic acids is 1. The predicted octanol–water partition coefficient (Wildman–Crippen LogP) is 3.80. The van der Waals surface area contributed by atoms with Crippen LogP contribution in [0.4, 0.5) is 0 Å². The van der Waals surface area contributed by atoms with Gasteiger partial charge in [-0.2, -0.15) is 0 Å². The van der Waals surface area contributed by atoms with Crippen LogP contribution in [0.2, 0.25) is 0 Å². The zero-order valence-corrected chi connectivity index (χ0v) is 12.4. The summed E-state index contributed by atoms with van der Waals surface area (Å²) in [6.45, 7) is 3.55. The van der Waals surface area contributed by atoms with Crippen molar-refractivity contribution in [2.45, 2.75) is 13.8 Å². The summed E-state index contributed by atoms with van der Waals surface area (Å²) in [5, 5.41) is 18.6. The van der Waals surface area contributed by atoms with E-state index in [1.54, 1.807) is 6.08 Å². The van der Waals surface area contributed by atoms with Crippen LogP contribution in [0.3, 0.4) is 0 Å². The SMILES string of the molecule is Cc1cc(OCC(=O)O)cc(C)c1-c1cccc2c1C(O)=C2. The molecule has 0 bridgehead atoms. The Balaban J connectivity index is 2.03. The van der Waals surface area contributed by atoms with Crippen molar-refractivity contribution < 1.29 is 19.7 Å². The van der Waals surface area contributed by atoms with E-state index in [9.17, 15) is 9.90 Å². The molecule has 4 heteroatoms. The lowest BCUT2D eigenvalue weighted by atomic mass is 9.84. The Kier molecular flexibility index (Phi) is 3.37. The molecule has 1 aliphatic carbocycles. The fraction of sp³-hybridized carbons (Fsp3) is 0.167. The zero-order chi connectivity index (χ0) is 15.9. The number of aliphatic hydroxyl groups excluding tert-OH is 1. The largest absolute Gasteiger partial charge is 0.507 e. The number of aliphatic carboxylic acids is 1. The van der Waals surface area contributed by atoms with Gasteiger partial charge in [0.25, 0.3) is 0 Å². The van der Waals surface area contributed by atoms with Crippen molar-refractivity contribution in [2.75, 3.05) is 6.61 Å². The Morgan fingerprint density at radius 2 is 1.82 bits per heavy atom. The van der Waals surface area contributed by atoms with Crippen molar-refractivity contribution in [3.05, 3.63) is 52.6 Å². The van der Waals surface area contributed by atoms with Crippen molar-refractivity contribution in [3.8, 4) is 16.9 Å². The second-order valence-corrected chi connectivity index (χ2v) is 5.41. The van der Waals surface area contributed by atoms with Gasteiger partial charge in [-0.3, -0.25) is 0 Å². The van der Waals surface area contributed by atoms with Crippen LogP contribution in [0.1, 0.15) is 22.3 Å². The van der Waals surface area contributed by atoms with Crippen LogP contribution in [0.25, 0.3) is 23.0 Å². The lowest BCUT2D eigenvalue weighted by Gasteiger charge is -2.22. The topological polar surface area (TPSA) is 66.8 Å². The van der Waals surface area contributed by atoms with Crippen LogP contribution in [-0.4, -0.2) is 22.8 Å². The van der Waals surface area contributed by atoms with Crippen molar-refractivity contribution in [3.63, 3.8) is 0 Å². The van der Waals surface area contributed by atoms with E-state index in [1.807, 2.05) is 44.2 Å². The van der Waals surface area contributed by atoms with Crippen LogP contribution < -0.4 is 4.74 Å². The summed E-state index contributed by atoms with van der Waals surface area (Å²) in [7, 11) is 0. The molecule has 22 heavy (non-hydrogen) atoms. The molecule has 0 spiro atoms. The summed E-state index contributed by atoms with van der Waals surface area (Å²) in [4.78, 5) is 10.6. The highest BCUT2D eigenvalue weighted by atomic mass is 16.5. The third-order valence-corrected chi connectivity index (χ3v) is 3.78. The van der Waals surface area contributed by atoms with Crippen LogP contribution in [0.5, 0.6) is 5.75 Å². The maximum absolute atomic E-state index is 10.6. The summed E-state index contributed by atoms with van der Waals surface area (Å²) in [5.41, 5.74) is 5.88. The first kappa shape index (κ1) is 14.2. The highest BCUT2D eigenvalue weighted by Gasteiger charge is 2.22. The van der Waals surface area contributed by atoms with Gasteiger partial charge in [0.15, 0.2) is 6.61 Å². The number of hydrogen-bond donors (Lipinski definition) is 2. The van der Waals surface area contributed by atoms with Crippen molar-refractivity contribution in [2.24, 2.45) is 0 Å². The van der Waals surface area contributed by atoms with Gasteiger partial charge in [-0.15, -0.1) is 0 Å².